The molecule has 0 bridgehead atoms. The topological polar surface area (TPSA) is 23.9 Å². The summed E-state index contributed by atoms with van der Waals surface area (Å²) < 4.78 is 0. The standard InChI is InChI=1S/C21H23N/c1-3-4-9-20(22)21-18-8-6-5-7-16(18)12-13-19(21)17-11-10-15(2)14-17/h5-8,10-14,17,22H,3-4,9H2,1-2H3. The van der Waals surface area contributed by atoms with Crippen LogP contribution in [0.5, 0.6) is 0 Å². The van der Waals surface area contributed by atoms with Gasteiger partial charge in [0.05, 0.1) is 0 Å². The highest BCUT2D eigenvalue weighted by atomic mass is 14.4. The lowest BCUT2D eigenvalue weighted by atomic mass is 9.87. The molecule has 0 saturated carbocycles. The predicted octanol–water partition coefficient (Wildman–Crippen LogP) is 6.00. The van der Waals surface area contributed by atoms with Crippen LogP contribution in [0.3, 0.4) is 0 Å². The van der Waals surface area contributed by atoms with Crippen molar-refractivity contribution >= 4 is 16.5 Å². The van der Waals surface area contributed by atoms with Crippen LogP contribution in [0, 0.1) is 5.41 Å². The van der Waals surface area contributed by atoms with E-state index in [2.05, 4.69) is 68.5 Å². The van der Waals surface area contributed by atoms with Crippen molar-refractivity contribution < 1.29 is 0 Å². The molecule has 0 aliphatic heterocycles. The lowest BCUT2D eigenvalue weighted by Gasteiger charge is -2.17. The van der Waals surface area contributed by atoms with Gasteiger partial charge < -0.3 is 5.41 Å². The third-order valence-electron chi connectivity index (χ3n) is 4.41. The van der Waals surface area contributed by atoms with E-state index in [1.54, 1.807) is 0 Å². The molecular weight excluding hydrogens is 266 g/mol. The fourth-order valence-electron chi connectivity index (χ4n) is 3.22. The van der Waals surface area contributed by atoms with Gasteiger partial charge in [0.25, 0.3) is 0 Å². The number of fused-ring (bicyclic) bond motifs is 1. The van der Waals surface area contributed by atoms with Crippen molar-refractivity contribution in [1.29, 1.82) is 5.41 Å². The van der Waals surface area contributed by atoms with Gasteiger partial charge in [-0.05, 0) is 36.1 Å². The predicted molar refractivity (Wildman–Crippen MR) is 95.9 cm³/mol. The zero-order valence-electron chi connectivity index (χ0n) is 13.4. The SMILES string of the molecule is CCCCC(=N)c1c(C2C=CC(C)=C2)ccc2ccccc12. The van der Waals surface area contributed by atoms with Crippen LogP contribution in [0.25, 0.3) is 10.8 Å². The molecule has 0 saturated heterocycles. The summed E-state index contributed by atoms with van der Waals surface area (Å²) in [5.74, 6) is 0.307. The van der Waals surface area contributed by atoms with Crippen LogP contribution in [0.1, 0.15) is 50.2 Å². The summed E-state index contributed by atoms with van der Waals surface area (Å²) in [5.41, 5.74) is 4.50. The van der Waals surface area contributed by atoms with Crippen LogP contribution in [-0.4, -0.2) is 5.71 Å². The van der Waals surface area contributed by atoms with Gasteiger partial charge in [-0.25, -0.2) is 0 Å². The molecule has 1 N–H and O–H groups in total. The second-order valence-electron chi connectivity index (χ2n) is 6.13. The van der Waals surface area contributed by atoms with E-state index in [9.17, 15) is 0 Å². The maximum absolute atomic E-state index is 8.63. The largest absolute Gasteiger partial charge is 0.305 e. The van der Waals surface area contributed by atoms with Crippen LogP contribution >= 0.6 is 0 Å². The fourth-order valence-corrected chi connectivity index (χ4v) is 3.22. The summed E-state index contributed by atoms with van der Waals surface area (Å²) in [6.45, 7) is 4.32. The van der Waals surface area contributed by atoms with E-state index in [1.807, 2.05) is 0 Å². The first-order valence-corrected chi connectivity index (χ1v) is 8.16. The van der Waals surface area contributed by atoms with Crippen LogP contribution in [0.2, 0.25) is 0 Å². The van der Waals surface area contributed by atoms with Gasteiger partial charge in [-0.1, -0.05) is 73.5 Å². The van der Waals surface area contributed by atoms with E-state index in [1.165, 1.54) is 21.9 Å². The smallest absolute Gasteiger partial charge is 0.0395 e. The van der Waals surface area contributed by atoms with Crippen molar-refractivity contribution in [2.45, 2.75) is 39.0 Å². The third kappa shape index (κ3) is 2.76. The van der Waals surface area contributed by atoms with Crippen molar-refractivity contribution in [2.75, 3.05) is 0 Å². The molecule has 1 aliphatic carbocycles. The Kier molecular flexibility index (Phi) is 4.24. The molecule has 1 nitrogen and oxygen atoms in total. The van der Waals surface area contributed by atoms with E-state index in [4.69, 9.17) is 5.41 Å². The van der Waals surface area contributed by atoms with Crippen molar-refractivity contribution in [3.8, 4) is 0 Å². The van der Waals surface area contributed by atoms with Crippen LogP contribution in [0.4, 0.5) is 0 Å². The summed E-state index contributed by atoms with van der Waals surface area (Å²) >= 11 is 0. The normalized spacial score (nSPS) is 17.0. The van der Waals surface area contributed by atoms with Crippen molar-refractivity contribution in [2.24, 2.45) is 0 Å². The second-order valence-corrected chi connectivity index (χ2v) is 6.13. The number of nitrogens with one attached hydrogen (secondary N) is 1. The minimum absolute atomic E-state index is 0.307. The molecule has 3 rings (SSSR count). The summed E-state index contributed by atoms with van der Waals surface area (Å²) in [6.07, 6.45) is 9.79. The molecule has 1 aliphatic rings. The molecule has 0 aromatic heterocycles. The highest BCUT2D eigenvalue weighted by molar-refractivity contribution is 6.11. The molecule has 0 radical (unpaired) electrons. The summed E-state index contributed by atoms with van der Waals surface area (Å²) in [4.78, 5) is 0. The minimum atomic E-state index is 0.307. The molecular formula is C21H23N. The highest BCUT2D eigenvalue weighted by Gasteiger charge is 2.18. The summed E-state index contributed by atoms with van der Waals surface area (Å²) in [5, 5.41) is 11.1. The molecule has 2 aromatic carbocycles. The number of hydrogen-bond acceptors (Lipinski definition) is 1. The molecule has 2 aromatic rings. The molecule has 1 unspecified atom stereocenters. The first kappa shape index (κ1) is 14.8. The summed E-state index contributed by atoms with van der Waals surface area (Å²) in [7, 11) is 0. The molecule has 0 fully saturated rings. The van der Waals surface area contributed by atoms with Crippen LogP contribution in [0.15, 0.2) is 60.2 Å². The van der Waals surface area contributed by atoms with Crippen molar-refractivity contribution in [3.63, 3.8) is 0 Å². The summed E-state index contributed by atoms with van der Waals surface area (Å²) in [6, 6.07) is 12.8. The lowest BCUT2D eigenvalue weighted by Crippen LogP contribution is -2.07. The van der Waals surface area contributed by atoms with E-state index in [-0.39, 0.29) is 0 Å². The van der Waals surface area contributed by atoms with E-state index in [0.717, 1.165) is 30.5 Å². The van der Waals surface area contributed by atoms with Gasteiger partial charge in [-0.2, -0.15) is 0 Å². The minimum Gasteiger partial charge on any atom is -0.305 e. The molecule has 112 valence electrons. The number of benzene rings is 2. The van der Waals surface area contributed by atoms with Gasteiger partial charge in [0.2, 0.25) is 0 Å². The van der Waals surface area contributed by atoms with Gasteiger partial charge in [0, 0.05) is 17.2 Å². The molecule has 0 amide bonds. The molecule has 0 spiro atoms. The first-order valence-electron chi connectivity index (χ1n) is 8.16. The Balaban J connectivity index is 2.15. The van der Waals surface area contributed by atoms with E-state index in [0.29, 0.717) is 5.92 Å². The Hall–Kier alpha value is -2.15. The molecule has 0 heterocycles. The van der Waals surface area contributed by atoms with Crippen LogP contribution < -0.4 is 0 Å². The molecule has 1 atom stereocenters. The van der Waals surface area contributed by atoms with Gasteiger partial charge in [-0.15, -0.1) is 0 Å². The van der Waals surface area contributed by atoms with Gasteiger partial charge >= 0.3 is 0 Å². The van der Waals surface area contributed by atoms with Crippen molar-refractivity contribution in [1.82, 2.24) is 0 Å². The number of hydrogen-bond donors (Lipinski definition) is 1. The number of allylic oxidation sites excluding steroid dienone is 4. The Morgan fingerprint density at radius 1 is 1.14 bits per heavy atom. The zero-order chi connectivity index (χ0) is 15.5. The Morgan fingerprint density at radius 2 is 1.95 bits per heavy atom. The maximum atomic E-state index is 8.63. The van der Waals surface area contributed by atoms with Gasteiger partial charge in [0.15, 0.2) is 0 Å². The lowest BCUT2D eigenvalue weighted by molar-refractivity contribution is 0.832. The Bertz CT molecular complexity index is 765. The van der Waals surface area contributed by atoms with Crippen molar-refractivity contribution in [3.05, 3.63) is 71.3 Å². The third-order valence-corrected chi connectivity index (χ3v) is 4.41. The first-order chi connectivity index (χ1) is 10.7. The van der Waals surface area contributed by atoms with E-state index >= 15 is 0 Å². The average molecular weight is 289 g/mol. The monoisotopic (exact) mass is 289 g/mol. The van der Waals surface area contributed by atoms with Gasteiger partial charge in [0.1, 0.15) is 0 Å². The quantitative estimate of drug-likeness (QED) is 0.653. The molecule has 22 heavy (non-hydrogen) atoms. The highest BCUT2D eigenvalue weighted by Crippen LogP contribution is 2.33. The number of rotatable bonds is 5. The second kappa shape index (κ2) is 6.31. The number of unbranched alkanes of at least 4 members (excludes halogenated alkanes) is 1. The fraction of sp³-hybridized carbons (Fsp3) is 0.286. The van der Waals surface area contributed by atoms with Crippen LogP contribution in [-0.2, 0) is 0 Å². The maximum Gasteiger partial charge on any atom is 0.0395 e. The Morgan fingerprint density at radius 3 is 2.68 bits per heavy atom. The van der Waals surface area contributed by atoms with E-state index < -0.39 is 0 Å². The molecule has 1 heteroatoms. The Labute approximate surface area is 132 Å². The zero-order valence-corrected chi connectivity index (χ0v) is 13.4. The average Bonchev–Trinajstić information content (AvgIpc) is 2.97. The van der Waals surface area contributed by atoms with Gasteiger partial charge in [-0.3, -0.25) is 0 Å².